The highest BCUT2D eigenvalue weighted by Gasteiger charge is 2.16. The molecule has 25 heavy (non-hydrogen) atoms. The molecule has 132 valence electrons. The third-order valence-corrected chi connectivity index (χ3v) is 4.35. The molecule has 3 rings (SSSR count). The van der Waals surface area contributed by atoms with E-state index in [0.29, 0.717) is 12.5 Å². The summed E-state index contributed by atoms with van der Waals surface area (Å²) < 4.78 is 32.4. The van der Waals surface area contributed by atoms with E-state index in [9.17, 15) is 13.6 Å². The van der Waals surface area contributed by atoms with Crippen LogP contribution in [0.25, 0.3) is 0 Å². The minimum absolute atomic E-state index is 0.00952. The highest BCUT2D eigenvalue weighted by molar-refractivity contribution is 5.90. The number of hydrogen-bond acceptors (Lipinski definition) is 2. The van der Waals surface area contributed by atoms with Crippen molar-refractivity contribution in [1.82, 2.24) is 0 Å². The van der Waals surface area contributed by atoms with Crippen molar-refractivity contribution in [2.75, 3.05) is 5.32 Å². The van der Waals surface area contributed by atoms with Crippen molar-refractivity contribution in [3.8, 4) is 5.75 Å². The van der Waals surface area contributed by atoms with Crippen LogP contribution in [0.5, 0.6) is 5.75 Å². The first kappa shape index (κ1) is 17.4. The van der Waals surface area contributed by atoms with E-state index < -0.39 is 11.6 Å². The molecule has 1 saturated carbocycles. The van der Waals surface area contributed by atoms with Gasteiger partial charge in [0.05, 0.1) is 11.8 Å². The van der Waals surface area contributed by atoms with Crippen molar-refractivity contribution >= 4 is 11.6 Å². The number of nitrogens with one attached hydrogen (secondary N) is 1. The lowest BCUT2D eigenvalue weighted by atomic mass is 10.1. The van der Waals surface area contributed by atoms with Gasteiger partial charge in [-0.2, -0.15) is 0 Å². The first-order valence-corrected chi connectivity index (χ1v) is 8.60. The van der Waals surface area contributed by atoms with E-state index in [1.165, 1.54) is 18.9 Å². The maximum atomic E-state index is 13.5. The number of anilines is 1. The maximum Gasteiger partial charge on any atom is 0.224 e. The Morgan fingerprint density at radius 2 is 1.92 bits per heavy atom. The number of benzene rings is 2. The standard InChI is InChI=1S/C20H21F2NO2/c21-15-9-10-19(18(22)13-15)23-20(24)11-8-14-4-3-7-17(12-14)25-16-5-1-2-6-16/h3-4,7,9-10,12-13,16H,1-2,5-6,8,11H2,(H,23,24). The summed E-state index contributed by atoms with van der Waals surface area (Å²) in [6, 6.07) is 10.8. The van der Waals surface area contributed by atoms with Crippen molar-refractivity contribution < 1.29 is 18.3 Å². The summed E-state index contributed by atoms with van der Waals surface area (Å²) >= 11 is 0. The van der Waals surface area contributed by atoms with Gasteiger partial charge in [-0.1, -0.05) is 12.1 Å². The molecule has 0 saturated heterocycles. The Balaban J connectivity index is 1.53. The SMILES string of the molecule is O=C(CCc1cccc(OC2CCCC2)c1)Nc1ccc(F)cc1F. The van der Waals surface area contributed by atoms with Crippen LogP contribution in [0.1, 0.15) is 37.7 Å². The zero-order chi connectivity index (χ0) is 17.6. The van der Waals surface area contributed by atoms with Gasteiger partial charge in [-0.05, 0) is 61.9 Å². The summed E-state index contributed by atoms with van der Waals surface area (Å²) in [6.07, 6.45) is 5.64. The molecule has 0 radical (unpaired) electrons. The summed E-state index contributed by atoms with van der Waals surface area (Å²) in [6.45, 7) is 0. The van der Waals surface area contributed by atoms with Crippen molar-refractivity contribution in [2.24, 2.45) is 0 Å². The molecule has 2 aromatic carbocycles. The van der Waals surface area contributed by atoms with Crippen LogP contribution in [0.3, 0.4) is 0 Å². The van der Waals surface area contributed by atoms with Crippen molar-refractivity contribution in [2.45, 2.75) is 44.6 Å². The molecule has 3 nitrogen and oxygen atoms in total. The normalized spacial score (nSPS) is 14.5. The molecular formula is C20H21F2NO2. The number of amides is 1. The summed E-state index contributed by atoms with van der Waals surface area (Å²) in [7, 11) is 0. The van der Waals surface area contributed by atoms with Crippen molar-refractivity contribution in [3.05, 3.63) is 59.7 Å². The van der Waals surface area contributed by atoms with Crippen LogP contribution in [-0.4, -0.2) is 12.0 Å². The largest absolute Gasteiger partial charge is 0.490 e. The lowest BCUT2D eigenvalue weighted by Crippen LogP contribution is -2.14. The molecule has 0 aliphatic heterocycles. The van der Waals surface area contributed by atoms with Crippen LogP contribution < -0.4 is 10.1 Å². The Kier molecular flexibility index (Phi) is 5.64. The minimum Gasteiger partial charge on any atom is -0.490 e. The minimum atomic E-state index is -0.777. The Labute approximate surface area is 146 Å². The predicted octanol–water partition coefficient (Wildman–Crippen LogP) is 4.86. The van der Waals surface area contributed by atoms with Crippen LogP contribution in [0.2, 0.25) is 0 Å². The van der Waals surface area contributed by atoms with Crippen LogP contribution in [0.4, 0.5) is 14.5 Å². The van der Waals surface area contributed by atoms with Gasteiger partial charge < -0.3 is 10.1 Å². The monoisotopic (exact) mass is 345 g/mol. The number of rotatable bonds is 6. The Morgan fingerprint density at radius 1 is 1.12 bits per heavy atom. The van der Waals surface area contributed by atoms with E-state index in [0.717, 1.165) is 36.3 Å². The smallest absolute Gasteiger partial charge is 0.224 e. The number of halogens is 2. The highest BCUT2D eigenvalue weighted by atomic mass is 19.1. The molecule has 5 heteroatoms. The Bertz CT molecular complexity index is 742. The topological polar surface area (TPSA) is 38.3 Å². The van der Waals surface area contributed by atoms with Crippen molar-refractivity contribution in [3.63, 3.8) is 0 Å². The fourth-order valence-corrected chi connectivity index (χ4v) is 3.03. The first-order chi connectivity index (χ1) is 12.1. The predicted molar refractivity (Wildman–Crippen MR) is 92.6 cm³/mol. The second-order valence-electron chi connectivity index (χ2n) is 6.34. The van der Waals surface area contributed by atoms with E-state index in [-0.39, 0.29) is 18.0 Å². The van der Waals surface area contributed by atoms with E-state index >= 15 is 0 Å². The molecular weight excluding hydrogens is 324 g/mol. The van der Waals surface area contributed by atoms with E-state index in [1.807, 2.05) is 24.3 Å². The average molecular weight is 345 g/mol. The molecule has 1 aliphatic carbocycles. The third kappa shape index (κ3) is 5.02. The summed E-state index contributed by atoms with van der Waals surface area (Å²) in [4.78, 5) is 12.0. The second-order valence-corrected chi connectivity index (χ2v) is 6.34. The number of carbonyl (C=O) groups excluding carboxylic acids is 1. The number of hydrogen-bond donors (Lipinski definition) is 1. The van der Waals surface area contributed by atoms with Gasteiger partial charge in [0.15, 0.2) is 0 Å². The highest BCUT2D eigenvalue weighted by Crippen LogP contribution is 2.25. The van der Waals surface area contributed by atoms with Gasteiger partial charge in [0.2, 0.25) is 5.91 Å². The molecule has 1 fully saturated rings. The van der Waals surface area contributed by atoms with Gasteiger partial charge >= 0.3 is 0 Å². The molecule has 1 aliphatic rings. The van der Waals surface area contributed by atoms with Gasteiger partial charge in [0, 0.05) is 12.5 Å². The Morgan fingerprint density at radius 3 is 2.68 bits per heavy atom. The summed E-state index contributed by atoms with van der Waals surface area (Å²) in [5.41, 5.74) is 0.981. The maximum absolute atomic E-state index is 13.5. The fourth-order valence-electron chi connectivity index (χ4n) is 3.03. The molecule has 1 amide bonds. The van der Waals surface area contributed by atoms with Crippen LogP contribution >= 0.6 is 0 Å². The van der Waals surface area contributed by atoms with Gasteiger partial charge in [0.25, 0.3) is 0 Å². The molecule has 1 N–H and O–H groups in total. The Hall–Kier alpha value is -2.43. The summed E-state index contributed by atoms with van der Waals surface area (Å²) in [5, 5.41) is 2.47. The number of ether oxygens (including phenoxy) is 1. The molecule has 2 aromatic rings. The zero-order valence-electron chi connectivity index (χ0n) is 13.9. The molecule has 0 bridgehead atoms. The van der Waals surface area contributed by atoms with E-state index in [4.69, 9.17) is 4.74 Å². The fraction of sp³-hybridized carbons (Fsp3) is 0.350. The first-order valence-electron chi connectivity index (χ1n) is 8.60. The lowest BCUT2D eigenvalue weighted by molar-refractivity contribution is -0.116. The van der Waals surface area contributed by atoms with Gasteiger partial charge in [-0.3, -0.25) is 4.79 Å². The lowest BCUT2D eigenvalue weighted by Gasteiger charge is -2.14. The molecule has 0 spiro atoms. The second kappa shape index (κ2) is 8.10. The molecule has 0 atom stereocenters. The third-order valence-electron chi connectivity index (χ3n) is 4.35. The quantitative estimate of drug-likeness (QED) is 0.812. The van der Waals surface area contributed by atoms with Gasteiger partial charge in [-0.25, -0.2) is 8.78 Å². The molecule has 0 heterocycles. The van der Waals surface area contributed by atoms with Gasteiger partial charge in [-0.15, -0.1) is 0 Å². The number of carbonyl (C=O) groups is 1. The van der Waals surface area contributed by atoms with Crippen LogP contribution in [0, 0.1) is 11.6 Å². The van der Waals surface area contributed by atoms with Crippen LogP contribution in [0.15, 0.2) is 42.5 Å². The number of aryl methyl sites for hydroxylation is 1. The molecule has 0 unspecified atom stereocenters. The summed E-state index contributed by atoms with van der Waals surface area (Å²) in [5.74, 6) is -0.933. The van der Waals surface area contributed by atoms with Gasteiger partial charge in [0.1, 0.15) is 17.4 Å². The zero-order valence-corrected chi connectivity index (χ0v) is 13.9. The molecule has 0 aromatic heterocycles. The van der Waals surface area contributed by atoms with Crippen molar-refractivity contribution in [1.29, 1.82) is 0 Å². The van der Waals surface area contributed by atoms with E-state index in [1.54, 1.807) is 0 Å². The van der Waals surface area contributed by atoms with Crippen LogP contribution in [-0.2, 0) is 11.2 Å². The average Bonchev–Trinajstić information content (AvgIpc) is 3.09. The van der Waals surface area contributed by atoms with E-state index in [2.05, 4.69) is 5.32 Å².